The van der Waals surface area contributed by atoms with E-state index in [1.165, 1.54) is 5.56 Å². The summed E-state index contributed by atoms with van der Waals surface area (Å²) in [6.07, 6.45) is 2.07. The Morgan fingerprint density at radius 3 is 3.19 bits per heavy atom. The first-order chi connectivity index (χ1) is 7.83. The molecule has 0 saturated carbocycles. The molecule has 0 fully saturated rings. The Morgan fingerprint density at radius 2 is 2.38 bits per heavy atom. The number of hydrogen-bond acceptors (Lipinski definition) is 3. The summed E-state index contributed by atoms with van der Waals surface area (Å²) in [7, 11) is 0. The second-order valence-corrected chi connectivity index (χ2v) is 5.20. The molecule has 0 bridgehead atoms. The molecule has 0 amide bonds. The van der Waals surface area contributed by atoms with E-state index in [9.17, 15) is 4.39 Å². The molecule has 1 atom stereocenters. The van der Waals surface area contributed by atoms with Crippen LogP contribution in [0.1, 0.15) is 23.6 Å². The summed E-state index contributed by atoms with van der Waals surface area (Å²) in [5, 5.41) is 4.42. The minimum absolute atomic E-state index is 0.145. The lowest BCUT2D eigenvalue weighted by Crippen LogP contribution is -2.23. The van der Waals surface area contributed by atoms with E-state index in [0.29, 0.717) is 0 Å². The molecule has 84 valence electrons. The van der Waals surface area contributed by atoms with Crippen molar-refractivity contribution >= 4 is 16.9 Å². The lowest BCUT2D eigenvalue weighted by Gasteiger charge is -2.14. The van der Waals surface area contributed by atoms with Gasteiger partial charge >= 0.3 is 0 Å². The average Bonchev–Trinajstić information content (AvgIpc) is 2.90. The summed E-state index contributed by atoms with van der Waals surface area (Å²) in [5.74, 6) is 0.916. The first-order valence-corrected chi connectivity index (χ1v) is 6.53. The quantitative estimate of drug-likeness (QED) is 0.810. The fourth-order valence-corrected chi connectivity index (χ4v) is 3.08. The Hall–Kier alpha value is -1.03. The van der Waals surface area contributed by atoms with Crippen LogP contribution in [0.2, 0.25) is 0 Å². The SMILES string of the molecule is Fc1ccc2c(c1)C(NC1=NCCS1)CC2. The molecule has 2 aliphatic rings. The number of nitrogens with one attached hydrogen (secondary N) is 1. The van der Waals surface area contributed by atoms with Crippen LogP contribution < -0.4 is 5.32 Å². The Morgan fingerprint density at radius 1 is 1.44 bits per heavy atom. The van der Waals surface area contributed by atoms with E-state index < -0.39 is 0 Å². The van der Waals surface area contributed by atoms with Crippen LogP contribution in [0.25, 0.3) is 0 Å². The number of hydrogen-bond donors (Lipinski definition) is 1. The zero-order valence-electron chi connectivity index (χ0n) is 8.87. The van der Waals surface area contributed by atoms with Crippen LogP contribution >= 0.6 is 11.8 Å². The van der Waals surface area contributed by atoms with Crippen molar-refractivity contribution in [2.75, 3.05) is 12.3 Å². The largest absolute Gasteiger partial charge is 0.358 e. The van der Waals surface area contributed by atoms with E-state index in [1.807, 2.05) is 6.07 Å². The third-order valence-corrected chi connectivity index (χ3v) is 3.98. The molecule has 0 spiro atoms. The molecule has 0 radical (unpaired) electrons. The molecule has 1 aromatic carbocycles. The van der Waals surface area contributed by atoms with Crippen LogP contribution in [0.5, 0.6) is 0 Å². The van der Waals surface area contributed by atoms with Crippen molar-refractivity contribution in [2.45, 2.75) is 18.9 Å². The number of nitrogens with zero attached hydrogens (tertiary/aromatic N) is 1. The van der Waals surface area contributed by atoms with Gasteiger partial charge in [0, 0.05) is 5.75 Å². The smallest absolute Gasteiger partial charge is 0.157 e. The normalized spacial score (nSPS) is 23.1. The number of benzene rings is 1. The van der Waals surface area contributed by atoms with Crippen molar-refractivity contribution in [3.8, 4) is 0 Å². The number of halogens is 1. The van der Waals surface area contributed by atoms with E-state index in [4.69, 9.17) is 0 Å². The minimum Gasteiger partial charge on any atom is -0.358 e. The molecule has 1 aliphatic heterocycles. The Balaban J connectivity index is 1.82. The molecule has 2 nitrogen and oxygen atoms in total. The van der Waals surface area contributed by atoms with Gasteiger partial charge in [-0.2, -0.15) is 0 Å². The molecular formula is C12H13FN2S. The van der Waals surface area contributed by atoms with Gasteiger partial charge in [-0.3, -0.25) is 4.99 Å². The molecule has 1 aliphatic carbocycles. The highest BCUT2D eigenvalue weighted by Crippen LogP contribution is 2.32. The van der Waals surface area contributed by atoms with Crippen molar-refractivity contribution < 1.29 is 4.39 Å². The van der Waals surface area contributed by atoms with Crippen molar-refractivity contribution in [1.29, 1.82) is 0 Å². The zero-order chi connectivity index (χ0) is 11.0. The summed E-state index contributed by atoms with van der Waals surface area (Å²) in [6, 6.07) is 5.34. The number of fused-ring (bicyclic) bond motifs is 1. The highest BCUT2D eigenvalue weighted by Gasteiger charge is 2.24. The molecule has 4 heteroatoms. The van der Waals surface area contributed by atoms with Gasteiger partial charge in [0.2, 0.25) is 0 Å². The Bertz CT molecular complexity index is 445. The predicted octanol–water partition coefficient (Wildman–Crippen LogP) is 2.51. The summed E-state index contributed by atoms with van der Waals surface area (Å²) >= 11 is 1.75. The topological polar surface area (TPSA) is 24.4 Å². The van der Waals surface area contributed by atoms with Crippen LogP contribution in [0.3, 0.4) is 0 Å². The first kappa shape index (κ1) is 10.1. The van der Waals surface area contributed by atoms with Crippen molar-refractivity contribution in [1.82, 2.24) is 5.32 Å². The van der Waals surface area contributed by atoms with Gasteiger partial charge in [0.15, 0.2) is 5.17 Å². The molecule has 1 unspecified atom stereocenters. The molecule has 0 aromatic heterocycles. The van der Waals surface area contributed by atoms with Gasteiger partial charge in [0.05, 0.1) is 12.6 Å². The maximum atomic E-state index is 13.2. The number of thioether (sulfide) groups is 1. The third-order valence-electron chi connectivity index (χ3n) is 3.07. The fourth-order valence-electron chi connectivity index (χ4n) is 2.29. The van der Waals surface area contributed by atoms with Crippen molar-refractivity contribution in [3.05, 3.63) is 35.1 Å². The highest BCUT2D eigenvalue weighted by molar-refractivity contribution is 8.14. The monoisotopic (exact) mass is 236 g/mol. The number of aliphatic imine (C=N–C) groups is 1. The van der Waals surface area contributed by atoms with E-state index in [1.54, 1.807) is 23.9 Å². The number of aryl methyl sites for hydroxylation is 1. The average molecular weight is 236 g/mol. The summed E-state index contributed by atoms with van der Waals surface area (Å²) in [4.78, 5) is 4.37. The van der Waals surface area contributed by atoms with E-state index >= 15 is 0 Å². The summed E-state index contributed by atoms with van der Waals surface area (Å²) < 4.78 is 13.2. The lowest BCUT2D eigenvalue weighted by molar-refractivity contribution is 0.612. The third kappa shape index (κ3) is 1.82. The molecule has 3 rings (SSSR count). The minimum atomic E-state index is -0.145. The maximum absolute atomic E-state index is 13.2. The highest BCUT2D eigenvalue weighted by atomic mass is 32.2. The van der Waals surface area contributed by atoms with Gasteiger partial charge in [-0.15, -0.1) is 0 Å². The number of amidine groups is 1. The van der Waals surface area contributed by atoms with Crippen LogP contribution in [-0.2, 0) is 6.42 Å². The van der Waals surface area contributed by atoms with Gasteiger partial charge in [0.25, 0.3) is 0 Å². The van der Waals surface area contributed by atoms with Crippen LogP contribution in [-0.4, -0.2) is 17.5 Å². The lowest BCUT2D eigenvalue weighted by atomic mass is 10.1. The standard InChI is InChI=1S/C12H13FN2S/c13-9-3-1-8-2-4-11(10(8)7-9)15-12-14-5-6-16-12/h1,3,7,11H,2,4-6H2,(H,14,15). The molecule has 16 heavy (non-hydrogen) atoms. The van der Waals surface area contributed by atoms with E-state index in [-0.39, 0.29) is 11.9 Å². The van der Waals surface area contributed by atoms with E-state index in [2.05, 4.69) is 10.3 Å². The maximum Gasteiger partial charge on any atom is 0.157 e. The van der Waals surface area contributed by atoms with Gasteiger partial charge in [-0.25, -0.2) is 4.39 Å². The number of rotatable bonds is 1. The van der Waals surface area contributed by atoms with Crippen LogP contribution in [0.15, 0.2) is 23.2 Å². The van der Waals surface area contributed by atoms with Crippen molar-refractivity contribution in [3.63, 3.8) is 0 Å². The van der Waals surface area contributed by atoms with Crippen molar-refractivity contribution in [2.24, 2.45) is 4.99 Å². The van der Waals surface area contributed by atoms with Crippen LogP contribution in [0, 0.1) is 5.82 Å². The summed E-state index contributed by atoms with van der Waals surface area (Å²) in [6.45, 7) is 0.899. The van der Waals surface area contributed by atoms with Crippen LogP contribution in [0.4, 0.5) is 4.39 Å². The van der Waals surface area contributed by atoms with Gasteiger partial charge < -0.3 is 5.32 Å². The van der Waals surface area contributed by atoms with Gasteiger partial charge in [-0.05, 0) is 36.1 Å². The predicted molar refractivity (Wildman–Crippen MR) is 65.4 cm³/mol. The van der Waals surface area contributed by atoms with E-state index in [0.717, 1.165) is 35.9 Å². The van der Waals surface area contributed by atoms with Gasteiger partial charge in [0.1, 0.15) is 5.82 Å². The molecule has 1 N–H and O–H groups in total. The summed E-state index contributed by atoms with van der Waals surface area (Å²) in [5.41, 5.74) is 2.37. The Kier molecular flexibility index (Phi) is 2.59. The van der Waals surface area contributed by atoms with Gasteiger partial charge in [-0.1, -0.05) is 17.8 Å². The molecule has 1 aromatic rings. The molecular weight excluding hydrogens is 223 g/mol. The molecule has 0 saturated heterocycles. The fraction of sp³-hybridized carbons (Fsp3) is 0.417. The zero-order valence-corrected chi connectivity index (χ0v) is 9.69. The second-order valence-electron chi connectivity index (χ2n) is 4.11. The Labute approximate surface area is 98.3 Å². The first-order valence-electron chi connectivity index (χ1n) is 5.55. The second kappa shape index (κ2) is 4.09. The molecule has 1 heterocycles.